The first kappa shape index (κ1) is 25.0. The molecule has 192 valence electrons. The monoisotopic (exact) mass is 523 g/mol. The van der Waals surface area contributed by atoms with Gasteiger partial charge in [-0.1, -0.05) is 22.9 Å². The van der Waals surface area contributed by atoms with Crippen molar-refractivity contribution in [1.82, 2.24) is 25.0 Å². The fourth-order valence-electron chi connectivity index (χ4n) is 5.67. The number of Topliss-reactive ketones (excluding diaryl/α,β-unsaturated/α-hetero) is 1. The second-order valence-electron chi connectivity index (χ2n) is 10.0. The van der Waals surface area contributed by atoms with Gasteiger partial charge in [-0.2, -0.15) is 0 Å². The van der Waals surface area contributed by atoms with Crippen LogP contribution in [0.3, 0.4) is 0 Å². The number of aryl methyl sites for hydroxylation is 1. The largest absolute Gasteiger partial charge is 0.469 e. The van der Waals surface area contributed by atoms with Crippen LogP contribution in [0.15, 0.2) is 36.7 Å². The number of esters is 2. The summed E-state index contributed by atoms with van der Waals surface area (Å²) in [5.74, 6) is -0.663. The van der Waals surface area contributed by atoms with Crippen LogP contribution >= 0.6 is 11.6 Å². The molecule has 11 heteroatoms. The summed E-state index contributed by atoms with van der Waals surface area (Å²) in [6.07, 6.45) is 4.92. The maximum absolute atomic E-state index is 12.9. The van der Waals surface area contributed by atoms with E-state index < -0.39 is 12.1 Å². The Balaban J connectivity index is 1.23. The molecule has 0 spiro atoms. The zero-order valence-electron chi connectivity index (χ0n) is 20.7. The van der Waals surface area contributed by atoms with E-state index in [4.69, 9.17) is 21.1 Å². The highest BCUT2D eigenvalue weighted by Crippen LogP contribution is 2.75. The zero-order valence-corrected chi connectivity index (χ0v) is 21.5. The third kappa shape index (κ3) is 4.50. The van der Waals surface area contributed by atoms with Gasteiger partial charge in [0.15, 0.2) is 5.78 Å². The molecule has 37 heavy (non-hydrogen) atoms. The molecule has 2 bridgehead atoms. The summed E-state index contributed by atoms with van der Waals surface area (Å²) in [4.78, 5) is 45.9. The summed E-state index contributed by atoms with van der Waals surface area (Å²) < 4.78 is 11.9. The van der Waals surface area contributed by atoms with Gasteiger partial charge in [0.1, 0.15) is 17.0 Å². The van der Waals surface area contributed by atoms with Crippen LogP contribution in [0, 0.1) is 10.8 Å². The molecule has 3 aromatic rings. The van der Waals surface area contributed by atoms with E-state index in [0.29, 0.717) is 53.9 Å². The van der Waals surface area contributed by atoms with Crippen molar-refractivity contribution in [3.63, 3.8) is 0 Å². The lowest BCUT2D eigenvalue weighted by Gasteiger charge is -2.68. The molecule has 3 aliphatic rings. The fraction of sp³-hybridized carbons (Fsp3) is 0.423. The van der Waals surface area contributed by atoms with E-state index in [9.17, 15) is 14.4 Å². The van der Waals surface area contributed by atoms with Crippen molar-refractivity contribution in [3.8, 4) is 11.4 Å². The van der Waals surface area contributed by atoms with Crippen LogP contribution in [-0.4, -0.2) is 49.8 Å². The summed E-state index contributed by atoms with van der Waals surface area (Å²) >= 11 is 6.11. The standard InChI is InChI=1S/C26H26ClN5O5/c1-15(17-5-4-8-28-23(17)27)37-21(34)9-19-22(30-31-32(19)2)18-7-6-16(11-29-18)20(33)10-25-12-26(13-25,14-25)24(35)36-3/h4-8,11,15H,9-10,12-14H2,1-3H3/t15-,25?,26?/m1/s1. The Morgan fingerprint density at radius 3 is 2.57 bits per heavy atom. The van der Waals surface area contributed by atoms with Crippen LogP contribution in [0.1, 0.15) is 60.3 Å². The van der Waals surface area contributed by atoms with Gasteiger partial charge in [0.25, 0.3) is 0 Å². The average molecular weight is 524 g/mol. The van der Waals surface area contributed by atoms with E-state index in [-0.39, 0.29) is 34.2 Å². The minimum atomic E-state index is -0.578. The highest BCUT2D eigenvalue weighted by molar-refractivity contribution is 6.30. The van der Waals surface area contributed by atoms with Gasteiger partial charge in [-0.15, -0.1) is 5.10 Å². The lowest BCUT2D eigenvalue weighted by atomic mass is 9.34. The van der Waals surface area contributed by atoms with Gasteiger partial charge in [-0.05, 0) is 49.8 Å². The molecule has 0 aliphatic heterocycles. The van der Waals surface area contributed by atoms with E-state index in [1.807, 2.05) is 0 Å². The van der Waals surface area contributed by atoms with Gasteiger partial charge in [-0.25, -0.2) is 4.98 Å². The maximum atomic E-state index is 12.9. The zero-order chi connectivity index (χ0) is 26.4. The van der Waals surface area contributed by atoms with Crippen molar-refractivity contribution in [2.24, 2.45) is 17.9 Å². The molecule has 0 N–H and O–H groups in total. The molecular weight excluding hydrogens is 498 g/mol. The number of methoxy groups -OCH3 is 1. The predicted octanol–water partition coefficient (Wildman–Crippen LogP) is 3.69. The van der Waals surface area contributed by atoms with E-state index in [1.165, 1.54) is 18.0 Å². The van der Waals surface area contributed by atoms with E-state index >= 15 is 0 Å². The highest BCUT2D eigenvalue weighted by Gasteiger charge is 2.72. The molecule has 0 radical (unpaired) electrons. The summed E-state index contributed by atoms with van der Waals surface area (Å²) in [6.45, 7) is 1.72. The van der Waals surface area contributed by atoms with Gasteiger partial charge in [0.2, 0.25) is 0 Å². The number of aromatic nitrogens is 5. The topological polar surface area (TPSA) is 126 Å². The minimum Gasteiger partial charge on any atom is -0.469 e. The maximum Gasteiger partial charge on any atom is 0.312 e. The number of ketones is 1. The van der Waals surface area contributed by atoms with E-state index in [0.717, 1.165) is 0 Å². The molecule has 3 saturated carbocycles. The van der Waals surface area contributed by atoms with Crippen LogP contribution in [0.4, 0.5) is 0 Å². The fourth-order valence-corrected chi connectivity index (χ4v) is 5.95. The number of carbonyl (C=O) groups is 3. The Kier molecular flexibility index (Phi) is 6.31. The molecule has 0 unspecified atom stereocenters. The van der Waals surface area contributed by atoms with Crippen LogP contribution in [0.25, 0.3) is 11.4 Å². The first-order chi connectivity index (χ1) is 17.7. The highest BCUT2D eigenvalue weighted by atomic mass is 35.5. The minimum absolute atomic E-state index is 0.0109. The quantitative estimate of drug-likeness (QED) is 0.234. The molecule has 3 aromatic heterocycles. The van der Waals surface area contributed by atoms with Crippen LogP contribution in [0.2, 0.25) is 5.15 Å². The first-order valence-electron chi connectivity index (χ1n) is 11.9. The number of rotatable bonds is 9. The second-order valence-corrected chi connectivity index (χ2v) is 10.4. The molecule has 3 fully saturated rings. The Morgan fingerprint density at radius 2 is 1.92 bits per heavy atom. The number of pyridine rings is 2. The summed E-state index contributed by atoms with van der Waals surface area (Å²) in [7, 11) is 3.08. The molecule has 1 atom stereocenters. The Bertz CT molecular complexity index is 1370. The number of carbonyl (C=O) groups excluding carboxylic acids is 3. The molecule has 0 aromatic carbocycles. The van der Waals surface area contributed by atoms with Crippen molar-refractivity contribution >= 4 is 29.3 Å². The summed E-state index contributed by atoms with van der Waals surface area (Å²) in [5, 5.41) is 8.49. The Morgan fingerprint density at radius 1 is 1.16 bits per heavy atom. The lowest BCUT2D eigenvalue weighted by Crippen LogP contribution is -2.66. The van der Waals surface area contributed by atoms with Crippen molar-refractivity contribution in [1.29, 1.82) is 0 Å². The van der Waals surface area contributed by atoms with E-state index in [1.54, 1.807) is 44.4 Å². The van der Waals surface area contributed by atoms with Crippen LogP contribution in [0.5, 0.6) is 0 Å². The lowest BCUT2D eigenvalue weighted by molar-refractivity contribution is -0.223. The van der Waals surface area contributed by atoms with Crippen LogP contribution in [-0.2, 0) is 32.5 Å². The van der Waals surface area contributed by atoms with Crippen molar-refractivity contribution in [2.45, 2.75) is 45.1 Å². The molecular formula is C26H26ClN5O5. The van der Waals surface area contributed by atoms with Crippen LogP contribution < -0.4 is 0 Å². The van der Waals surface area contributed by atoms with Crippen molar-refractivity contribution in [2.75, 3.05) is 7.11 Å². The number of nitrogens with zero attached hydrogens (tertiary/aromatic N) is 5. The van der Waals surface area contributed by atoms with Gasteiger partial charge in [0.05, 0.1) is 30.3 Å². The molecule has 0 amide bonds. The van der Waals surface area contributed by atoms with Gasteiger partial charge in [0, 0.05) is 37.0 Å². The number of hydrogen-bond donors (Lipinski definition) is 0. The molecule has 3 heterocycles. The van der Waals surface area contributed by atoms with Gasteiger partial charge in [-0.3, -0.25) is 24.0 Å². The van der Waals surface area contributed by atoms with Crippen molar-refractivity contribution < 1.29 is 23.9 Å². The molecule has 10 nitrogen and oxygen atoms in total. The normalized spacial score (nSPS) is 22.4. The SMILES string of the molecule is COC(=O)C12CC(CC(=O)c3ccc(-c4nnn(C)c4CC(=O)O[C@H](C)c4cccnc4Cl)nc3)(C1)C2. The molecule has 0 saturated heterocycles. The van der Waals surface area contributed by atoms with Crippen molar-refractivity contribution in [3.05, 3.63) is 58.6 Å². The number of ether oxygens (including phenoxy) is 2. The number of hydrogen-bond acceptors (Lipinski definition) is 9. The van der Waals surface area contributed by atoms with Gasteiger partial charge < -0.3 is 9.47 Å². The number of halogens is 1. The predicted molar refractivity (Wildman–Crippen MR) is 131 cm³/mol. The van der Waals surface area contributed by atoms with E-state index in [2.05, 4.69) is 20.3 Å². The Labute approximate surface area is 218 Å². The van der Waals surface area contributed by atoms with Gasteiger partial charge >= 0.3 is 11.9 Å². The molecule has 6 rings (SSSR count). The summed E-state index contributed by atoms with van der Waals surface area (Å²) in [6, 6.07) is 6.88. The average Bonchev–Trinajstić information content (AvgIpc) is 3.19. The smallest absolute Gasteiger partial charge is 0.312 e. The first-order valence-corrected chi connectivity index (χ1v) is 12.3. The summed E-state index contributed by atoms with van der Waals surface area (Å²) in [5.41, 5.74) is 2.09. The molecule has 3 aliphatic carbocycles. The third-order valence-corrected chi connectivity index (χ3v) is 7.73. The third-order valence-electron chi connectivity index (χ3n) is 7.41. The second kappa shape index (κ2) is 9.33. The Hall–Kier alpha value is -3.66.